The van der Waals surface area contributed by atoms with Crippen molar-refractivity contribution >= 4 is 71.3 Å². The van der Waals surface area contributed by atoms with Gasteiger partial charge in [0.05, 0.1) is 0 Å². The van der Waals surface area contributed by atoms with Crippen molar-refractivity contribution in [3.8, 4) is 11.1 Å². The Morgan fingerprint density at radius 1 is 0.481 bits per heavy atom. The number of amidine groups is 1. The number of benzene rings is 8. The predicted octanol–water partition coefficient (Wildman–Crippen LogP) is 11.8. The standard InChI is InChI=1S/C47H31N3O2/c1-2-12-29(13-3-1)45-48-46(33-22-21-28-11-4-5-14-30(28)25-33)50-47(49-45)38-24-23-36(44-42(38)37-17-8-9-20-40(37)51-44)34-18-10-19-35-39-26-31-15-6-7-16-32(31)27-41(39)52-43(34)35/h1-27,45,47,49H,(H,48,50). The first-order valence-corrected chi connectivity index (χ1v) is 17.7. The van der Waals surface area contributed by atoms with Gasteiger partial charge in [-0.3, -0.25) is 5.32 Å². The van der Waals surface area contributed by atoms with Gasteiger partial charge in [-0.25, -0.2) is 4.99 Å². The fourth-order valence-corrected chi connectivity index (χ4v) is 8.01. The van der Waals surface area contributed by atoms with Gasteiger partial charge in [-0.05, 0) is 51.4 Å². The number of hydrogen-bond acceptors (Lipinski definition) is 5. The highest BCUT2D eigenvalue weighted by Gasteiger charge is 2.29. The normalized spacial score (nSPS) is 16.3. The molecule has 0 fully saturated rings. The third kappa shape index (κ3) is 4.57. The first-order valence-electron chi connectivity index (χ1n) is 17.7. The fourth-order valence-electron chi connectivity index (χ4n) is 8.01. The number of para-hydroxylation sites is 2. The minimum absolute atomic E-state index is 0.262. The van der Waals surface area contributed by atoms with Crippen LogP contribution in [0.25, 0.3) is 76.5 Å². The second-order valence-electron chi connectivity index (χ2n) is 13.6. The molecule has 0 spiro atoms. The summed E-state index contributed by atoms with van der Waals surface area (Å²) in [5.74, 6) is 0.841. The van der Waals surface area contributed by atoms with Gasteiger partial charge in [0.25, 0.3) is 0 Å². The molecular formula is C47H31N3O2. The Morgan fingerprint density at radius 3 is 2.04 bits per heavy atom. The monoisotopic (exact) mass is 669 g/mol. The molecule has 0 amide bonds. The molecule has 2 atom stereocenters. The Hall–Kier alpha value is -6.69. The molecule has 0 bridgehead atoms. The number of hydrogen-bond donors (Lipinski definition) is 2. The molecule has 5 heteroatoms. The van der Waals surface area contributed by atoms with E-state index < -0.39 is 0 Å². The Bertz CT molecular complexity index is 3050. The van der Waals surface area contributed by atoms with Gasteiger partial charge in [-0.2, -0.15) is 0 Å². The molecule has 52 heavy (non-hydrogen) atoms. The highest BCUT2D eigenvalue weighted by molar-refractivity contribution is 6.17. The number of rotatable bonds is 4. The van der Waals surface area contributed by atoms with E-state index >= 15 is 0 Å². The topological polar surface area (TPSA) is 62.7 Å². The average molecular weight is 670 g/mol. The summed E-state index contributed by atoms with van der Waals surface area (Å²) in [6.07, 6.45) is -0.530. The number of aliphatic imine (C=N–C) groups is 1. The lowest BCUT2D eigenvalue weighted by Gasteiger charge is -2.32. The zero-order valence-electron chi connectivity index (χ0n) is 28.0. The van der Waals surface area contributed by atoms with Crippen LogP contribution in [0, 0.1) is 0 Å². The van der Waals surface area contributed by atoms with E-state index in [-0.39, 0.29) is 12.3 Å². The summed E-state index contributed by atoms with van der Waals surface area (Å²) >= 11 is 0. The fraction of sp³-hybridized carbons (Fsp3) is 0.0426. The summed E-state index contributed by atoms with van der Waals surface area (Å²) < 4.78 is 13.5. The van der Waals surface area contributed by atoms with E-state index in [4.69, 9.17) is 13.8 Å². The van der Waals surface area contributed by atoms with Gasteiger partial charge in [0.15, 0.2) is 0 Å². The van der Waals surface area contributed by atoms with Crippen LogP contribution in [0.1, 0.15) is 29.0 Å². The van der Waals surface area contributed by atoms with Gasteiger partial charge in [-0.15, -0.1) is 0 Å². The lowest BCUT2D eigenvalue weighted by Crippen LogP contribution is -2.45. The van der Waals surface area contributed by atoms with E-state index in [0.717, 1.165) is 82.9 Å². The lowest BCUT2D eigenvalue weighted by molar-refractivity contribution is 0.411. The van der Waals surface area contributed by atoms with E-state index in [2.05, 4.69) is 156 Å². The summed E-state index contributed by atoms with van der Waals surface area (Å²) in [5.41, 5.74) is 8.61. The highest BCUT2D eigenvalue weighted by Crippen LogP contribution is 2.44. The van der Waals surface area contributed by atoms with Crippen LogP contribution in [-0.4, -0.2) is 5.84 Å². The zero-order chi connectivity index (χ0) is 34.2. The molecule has 0 aliphatic carbocycles. The lowest BCUT2D eigenvalue weighted by atomic mass is 9.95. The van der Waals surface area contributed by atoms with E-state index in [1.54, 1.807) is 0 Å². The number of furan rings is 2. The first kappa shape index (κ1) is 29.1. The number of nitrogens with zero attached hydrogens (tertiary/aromatic N) is 1. The van der Waals surface area contributed by atoms with Gasteiger partial charge in [0, 0.05) is 43.8 Å². The average Bonchev–Trinajstić information content (AvgIpc) is 3.78. The van der Waals surface area contributed by atoms with Gasteiger partial charge >= 0.3 is 0 Å². The summed E-state index contributed by atoms with van der Waals surface area (Å²) in [5, 5.41) is 16.7. The maximum Gasteiger partial charge on any atom is 0.143 e. The summed E-state index contributed by atoms with van der Waals surface area (Å²) in [6.45, 7) is 0. The van der Waals surface area contributed by atoms with Crippen LogP contribution >= 0.6 is 0 Å². The third-order valence-corrected chi connectivity index (χ3v) is 10.5. The van der Waals surface area contributed by atoms with E-state index in [1.807, 2.05) is 18.2 Å². The zero-order valence-corrected chi connectivity index (χ0v) is 28.0. The van der Waals surface area contributed by atoms with Crippen molar-refractivity contribution in [2.75, 3.05) is 0 Å². The van der Waals surface area contributed by atoms with Crippen molar-refractivity contribution in [1.82, 2.24) is 10.6 Å². The van der Waals surface area contributed by atoms with Crippen LogP contribution in [0.4, 0.5) is 0 Å². The smallest absolute Gasteiger partial charge is 0.143 e. The Labute approximate surface area is 298 Å². The van der Waals surface area contributed by atoms with Crippen molar-refractivity contribution in [2.45, 2.75) is 12.3 Å². The quantitative estimate of drug-likeness (QED) is 0.196. The molecule has 5 nitrogen and oxygen atoms in total. The molecule has 2 N–H and O–H groups in total. The van der Waals surface area contributed by atoms with Crippen molar-refractivity contribution in [1.29, 1.82) is 0 Å². The summed E-state index contributed by atoms with van der Waals surface area (Å²) in [6, 6.07) is 57.3. The van der Waals surface area contributed by atoms with Gasteiger partial charge < -0.3 is 14.2 Å². The van der Waals surface area contributed by atoms with E-state index in [1.165, 1.54) is 16.2 Å². The van der Waals surface area contributed by atoms with Crippen molar-refractivity contribution in [3.63, 3.8) is 0 Å². The molecule has 1 aliphatic rings. The number of fused-ring (bicyclic) bond motifs is 8. The predicted molar refractivity (Wildman–Crippen MR) is 213 cm³/mol. The Morgan fingerprint density at radius 2 is 1.17 bits per heavy atom. The Balaban J connectivity index is 1.10. The highest BCUT2D eigenvalue weighted by atomic mass is 16.3. The molecule has 0 saturated carbocycles. The van der Waals surface area contributed by atoms with Crippen LogP contribution < -0.4 is 10.6 Å². The maximum atomic E-state index is 6.80. The minimum atomic E-state index is -0.267. The van der Waals surface area contributed by atoms with Crippen LogP contribution in [0.5, 0.6) is 0 Å². The summed E-state index contributed by atoms with van der Waals surface area (Å²) in [7, 11) is 0. The van der Waals surface area contributed by atoms with Crippen molar-refractivity contribution in [2.24, 2.45) is 4.99 Å². The minimum Gasteiger partial charge on any atom is -0.455 e. The van der Waals surface area contributed by atoms with Gasteiger partial charge in [0.1, 0.15) is 40.5 Å². The number of nitrogens with one attached hydrogen (secondary N) is 2. The largest absolute Gasteiger partial charge is 0.455 e. The van der Waals surface area contributed by atoms with Gasteiger partial charge in [0.2, 0.25) is 0 Å². The molecule has 10 aromatic rings. The van der Waals surface area contributed by atoms with Crippen molar-refractivity contribution < 1.29 is 8.83 Å². The maximum absolute atomic E-state index is 6.80. The molecule has 11 rings (SSSR count). The molecule has 2 aromatic heterocycles. The first-order chi connectivity index (χ1) is 25.7. The molecule has 2 unspecified atom stereocenters. The molecule has 3 heterocycles. The van der Waals surface area contributed by atoms with Crippen LogP contribution in [0.15, 0.2) is 178 Å². The summed E-state index contributed by atoms with van der Waals surface area (Å²) in [4.78, 5) is 5.23. The van der Waals surface area contributed by atoms with Crippen LogP contribution in [0.2, 0.25) is 0 Å². The SMILES string of the molecule is c1ccc(C2N=C(c3ccc4ccccc4c3)NC(c3ccc(-c4cccc5c4oc4cc6ccccc6cc45)c4oc5ccccc5c34)N2)cc1. The molecule has 8 aromatic carbocycles. The second-order valence-corrected chi connectivity index (χ2v) is 13.6. The van der Waals surface area contributed by atoms with Crippen molar-refractivity contribution in [3.05, 3.63) is 180 Å². The molecule has 0 saturated heterocycles. The van der Waals surface area contributed by atoms with Crippen LogP contribution in [-0.2, 0) is 0 Å². The molecule has 246 valence electrons. The second kappa shape index (κ2) is 11.4. The molecular weight excluding hydrogens is 639 g/mol. The van der Waals surface area contributed by atoms with E-state index in [0.29, 0.717) is 0 Å². The Kier molecular flexibility index (Phi) is 6.39. The third-order valence-electron chi connectivity index (χ3n) is 10.5. The van der Waals surface area contributed by atoms with Crippen LogP contribution in [0.3, 0.4) is 0 Å². The van der Waals surface area contributed by atoms with E-state index in [9.17, 15) is 0 Å². The molecule has 1 aliphatic heterocycles. The van der Waals surface area contributed by atoms with Gasteiger partial charge in [-0.1, -0.05) is 140 Å². The molecule has 0 radical (unpaired) electrons.